The Bertz CT molecular complexity index is 359. The summed E-state index contributed by atoms with van der Waals surface area (Å²) in [6.07, 6.45) is 6.07. The molecule has 0 unspecified atom stereocenters. The van der Waals surface area contributed by atoms with E-state index < -0.39 is 0 Å². The van der Waals surface area contributed by atoms with E-state index in [1.807, 2.05) is 23.9 Å². The number of carbonyl (C=O) groups is 1. The second-order valence-corrected chi connectivity index (χ2v) is 5.60. The van der Waals surface area contributed by atoms with E-state index in [9.17, 15) is 4.79 Å². The smallest absolute Gasteiger partial charge is 0.151 e. The van der Waals surface area contributed by atoms with Crippen molar-refractivity contribution < 1.29 is 4.79 Å². The summed E-state index contributed by atoms with van der Waals surface area (Å²) in [5.41, 5.74) is 0.722. The highest BCUT2D eigenvalue weighted by molar-refractivity contribution is 8.00. The van der Waals surface area contributed by atoms with Crippen LogP contribution in [0.15, 0.2) is 23.1 Å². The minimum atomic E-state index is 0.632. The Hall–Kier alpha value is -0.470. The lowest BCUT2D eigenvalue weighted by atomic mass is 10.2. The first-order chi connectivity index (χ1) is 7.29. The topological polar surface area (TPSA) is 17.1 Å². The molecule has 1 aliphatic carbocycles. The molecule has 0 radical (unpaired) electrons. The lowest BCUT2D eigenvalue weighted by molar-refractivity contribution is 0.112. The minimum Gasteiger partial charge on any atom is -0.298 e. The van der Waals surface area contributed by atoms with Crippen LogP contribution in [0.5, 0.6) is 0 Å². The first kappa shape index (κ1) is 11.0. The van der Waals surface area contributed by atoms with Crippen molar-refractivity contribution in [3.05, 3.63) is 28.8 Å². The van der Waals surface area contributed by atoms with Gasteiger partial charge in [0.25, 0.3) is 0 Å². The Morgan fingerprint density at radius 3 is 2.73 bits per heavy atom. The molecule has 1 aromatic rings. The molecule has 0 bridgehead atoms. The molecular weight excluding hydrogens is 228 g/mol. The maximum atomic E-state index is 10.9. The van der Waals surface area contributed by atoms with E-state index in [1.54, 1.807) is 6.07 Å². The van der Waals surface area contributed by atoms with E-state index in [4.69, 9.17) is 11.6 Å². The Balaban J connectivity index is 2.15. The van der Waals surface area contributed by atoms with Crippen molar-refractivity contribution in [2.45, 2.75) is 35.8 Å². The van der Waals surface area contributed by atoms with Crippen molar-refractivity contribution in [1.29, 1.82) is 0 Å². The van der Waals surface area contributed by atoms with E-state index in [0.29, 0.717) is 10.3 Å². The lowest BCUT2D eigenvalue weighted by Gasteiger charge is -2.10. The van der Waals surface area contributed by atoms with Crippen LogP contribution in [0.2, 0.25) is 5.02 Å². The first-order valence-corrected chi connectivity index (χ1v) is 6.47. The van der Waals surface area contributed by atoms with Crippen molar-refractivity contribution >= 4 is 29.6 Å². The molecule has 0 atom stereocenters. The molecule has 2 rings (SSSR count). The molecule has 0 spiro atoms. The van der Waals surface area contributed by atoms with Gasteiger partial charge in [-0.25, -0.2) is 0 Å². The molecule has 80 valence electrons. The lowest BCUT2D eigenvalue weighted by Crippen LogP contribution is -1.95. The molecule has 1 nitrogen and oxygen atoms in total. The van der Waals surface area contributed by atoms with E-state index >= 15 is 0 Å². The van der Waals surface area contributed by atoms with E-state index in [1.165, 1.54) is 25.7 Å². The fourth-order valence-corrected chi connectivity index (χ4v) is 3.40. The number of hydrogen-bond acceptors (Lipinski definition) is 2. The van der Waals surface area contributed by atoms with Crippen LogP contribution in [-0.2, 0) is 0 Å². The van der Waals surface area contributed by atoms with Gasteiger partial charge in [-0.2, -0.15) is 0 Å². The van der Waals surface area contributed by atoms with Crippen LogP contribution >= 0.6 is 23.4 Å². The van der Waals surface area contributed by atoms with Gasteiger partial charge in [0, 0.05) is 20.7 Å². The van der Waals surface area contributed by atoms with Gasteiger partial charge in [-0.05, 0) is 31.0 Å². The maximum absolute atomic E-state index is 10.9. The summed E-state index contributed by atoms with van der Waals surface area (Å²) in [6, 6.07) is 5.55. The van der Waals surface area contributed by atoms with Crippen LogP contribution in [0.1, 0.15) is 36.0 Å². The van der Waals surface area contributed by atoms with Crippen LogP contribution in [-0.4, -0.2) is 11.5 Å². The fraction of sp³-hybridized carbons (Fsp3) is 0.417. The maximum Gasteiger partial charge on any atom is 0.151 e. The number of thioether (sulfide) groups is 1. The third-order valence-electron chi connectivity index (χ3n) is 2.69. The summed E-state index contributed by atoms with van der Waals surface area (Å²) in [4.78, 5) is 12.0. The molecule has 1 saturated carbocycles. The number of rotatable bonds is 3. The van der Waals surface area contributed by atoms with Crippen LogP contribution in [0.3, 0.4) is 0 Å². The van der Waals surface area contributed by atoms with Crippen LogP contribution < -0.4 is 0 Å². The molecule has 0 heterocycles. The summed E-state index contributed by atoms with van der Waals surface area (Å²) in [5, 5.41) is 1.32. The van der Waals surface area contributed by atoms with Gasteiger partial charge in [0.1, 0.15) is 0 Å². The zero-order chi connectivity index (χ0) is 10.7. The molecule has 0 saturated heterocycles. The summed E-state index contributed by atoms with van der Waals surface area (Å²) in [7, 11) is 0. The van der Waals surface area contributed by atoms with E-state index in [0.717, 1.165) is 16.7 Å². The van der Waals surface area contributed by atoms with E-state index in [2.05, 4.69) is 0 Å². The third-order valence-corrected chi connectivity index (χ3v) is 4.36. The highest BCUT2D eigenvalue weighted by Gasteiger charge is 2.17. The standard InChI is InChI=1S/C12H13ClOS/c13-10-5-6-12(9(7-10)8-14)15-11-3-1-2-4-11/h5-8,11H,1-4H2. The summed E-state index contributed by atoms with van der Waals surface area (Å²) in [6.45, 7) is 0. The van der Waals surface area contributed by atoms with Crippen LogP contribution in [0.25, 0.3) is 0 Å². The zero-order valence-electron chi connectivity index (χ0n) is 8.41. The predicted octanol–water partition coefficient (Wildman–Crippen LogP) is 4.19. The monoisotopic (exact) mass is 240 g/mol. The second kappa shape index (κ2) is 5.04. The Labute approximate surface area is 99.2 Å². The Morgan fingerprint density at radius 2 is 2.07 bits per heavy atom. The van der Waals surface area contributed by atoms with Gasteiger partial charge < -0.3 is 0 Å². The van der Waals surface area contributed by atoms with Crippen molar-refractivity contribution in [1.82, 2.24) is 0 Å². The van der Waals surface area contributed by atoms with Crippen molar-refractivity contribution in [3.8, 4) is 0 Å². The average Bonchev–Trinajstić information content (AvgIpc) is 2.73. The first-order valence-electron chi connectivity index (χ1n) is 5.21. The molecule has 0 aliphatic heterocycles. The number of halogens is 1. The van der Waals surface area contributed by atoms with Crippen molar-refractivity contribution in [2.24, 2.45) is 0 Å². The quantitative estimate of drug-likeness (QED) is 0.737. The predicted molar refractivity (Wildman–Crippen MR) is 65.0 cm³/mol. The Kier molecular flexibility index (Phi) is 3.71. The molecule has 3 heteroatoms. The fourth-order valence-electron chi connectivity index (χ4n) is 1.90. The van der Waals surface area contributed by atoms with Crippen LogP contribution in [0.4, 0.5) is 0 Å². The van der Waals surface area contributed by atoms with E-state index in [-0.39, 0.29) is 0 Å². The summed E-state index contributed by atoms with van der Waals surface area (Å²) in [5.74, 6) is 0. The highest BCUT2D eigenvalue weighted by atomic mass is 35.5. The number of benzene rings is 1. The molecular formula is C12H13ClOS. The van der Waals surface area contributed by atoms with Gasteiger partial charge in [-0.15, -0.1) is 11.8 Å². The van der Waals surface area contributed by atoms with Gasteiger partial charge in [0.05, 0.1) is 0 Å². The average molecular weight is 241 g/mol. The zero-order valence-corrected chi connectivity index (χ0v) is 9.98. The highest BCUT2D eigenvalue weighted by Crippen LogP contribution is 2.36. The van der Waals surface area contributed by atoms with Gasteiger partial charge in [-0.3, -0.25) is 4.79 Å². The normalized spacial score (nSPS) is 16.9. The number of hydrogen-bond donors (Lipinski definition) is 0. The molecule has 15 heavy (non-hydrogen) atoms. The molecule has 1 fully saturated rings. The Morgan fingerprint density at radius 1 is 1.33 bits per heavy atom. The number of aldehydes is 1. The second-order valence-electron chi connectivity index (χ2n) is 3.82. The van der Waals surface area contributed by atoms with Gasteiger partial charge >= 0.3 is 0 Å². The molecule has 0 aromatic heterocycles. The van der Waals surface area contributed by atoms with Crippen molar-refractivity contribution in [2.75, 3.05) is 0 Å². The molecule has 1 aliphatic rings. The largest absolute Gasteiger partial charge is 0.298 e. The third kappa shape index (κ3) is 2.76. The molecule has 0 N–H and O–H groups in total. The van der Waals surface area contributed by atoms with Crippen molar-refractivity contribution in [3.63, 3.8) is 0 Å². The van der Waals surface area contributed by atoms with Gasteiger partial charge in [-0.1, -0.05) is 24.4 Å². The SMILES string of the molecule is O=Cc1cc(Cl)ccc1SC1CCCC1. The molecule has 0 amide bonds. The molecule has 1 aromatic carbocycles. The van der Waals surface area contributed by atoms with Crippen LogP contribution in [0, 0.1) is 0 Å². The number of carbonyl (C=O) groups excluding carboxylic acids is 1. The summed E-state index contributed by atoms with van der Waals surface area (Å²) >= 11 is 7.67. The van der Waals surface area contributed by atoms with Gasteiger partial charge in [0.2, 0.25) is 0 Å². The van der Waals surface area contributed by atoms with Gasteiger partial charge in [0.15, 0.2) is 6.29 Å². The minimum absolute atomic E-state index is 0.632. The summed E-state index contributed by atoms with van der Waals surface area (Å²) < 4.78 is 0.